The number of amides is 2. The van der Waals surface area contributed by atoms with E-state index in [1.54, 1.807) is 25.8 Å². The smallest absolute Gasteiger partial charge is 0.227 e. The van der Waals surface area contributed by atoms with Gasteiger partial charge in [-0.1, -0.05) is 30.3 Å². The Hall–Kier alpha value is -1.88. The lowest BCUT2D eigenvalue weighted by molar-refractivity contribution is -0.137. The van der Waals surface area contributed by atoms with Gasteiger partial charge in [-0.2, -0.15) is 0 Å². The van der Waals surface area contributed by atoms with Crippen LogP contribution in [-0.2, 0) is 9.59 Å². The van der Waals surface area contributed by atoms with Crippen molar-refractivity contribution in [2.24, 2.45) is 5.92 Å². The lowest BCUT2D eigenvalue weighted by Crippen LogP contribution is -2.43. The van der Waals surface area contributed by atoms with E-state index in [4.69, 9.17) is 0 Å². The number of benzene rings is 1. The Morgan fingerprint density at radius 2 is 2.00 bits per heavy atom. The van der Waals surface area contributed by atoms with E-state index in [0.717, 1.165) is 5.56 Å². The van der Waals surface area contributed by atoms with Crippen LogP contribution in [0.25, 0.3) is 0 Å². The molecule has 1 N–H and O–H groups in total. The number of likely N-dealkylation sites (N-methyl/N-ethyl adjacent to an activating group) is 1. The van der Waals surface area contributed by atoms with Crippen LogP contribution >= 0.6 is 0 Å². The first-order valence-electron chi connectivity index (χ1n) is 8.01. The summed E-state index contributed by atoms with van der Waals surface area (Å²) in [5.41, 5.74) is 0.128. The summed E-state index contributed by atoms with van der Waals surface area (Å²) in [6.07, 6.45) is 0.242. The van der Waals surface area contributed by atoms with E-state index in [1.807, 2.05) is 37.3 Å². The standard InChI is InChI=1S/C18H26N2O3/c1-13(14-8-6-5-7-9-14)20-11-15(10-16(20)21)17(22)19(4)12-18(2,3)23/h5-9,13,15,23H,10-12H2,1-4H3. The van der Waals surface area contributed by atoms with Gasteiger partial charge in [-0.15, -0.1) is 0 Å². The van der Waals surface area contributed by atoms with Crippen molar-refractivity contribution in [1.29, 1.82) is 0 Å². The van der Waals surface area contributed by atoms with Gasteiger partial charge in [-0.05, 0) is 26.3 Å². The Balaban J connectivity index is 2.03. The van der Waals surface area contributed by atoms with Crippen molar-refractivity contribution >= 4 is 11.8 Å². The summed E-state index contributed by atoms with van der Waals surface area (Å²) in [5.74, 6) is -0.402. The molecule has 1 aromatic carbocycles. The van der Waals surface area contributed by atoms with Gasteiger partial charge in [0.2, 0.25) is 11.8 Å². The second kappa shape index (κ2) is 6.71. The molecular formula is C18H26N2O3. The fourth-order valence-corrected chi connectivity index (χ4v) is 3.15. The van der Waals surface area contributed by atoms with Crippen molar-refractivity contribution in [1.82, 2.24) is 9.80 Å². The molecule has 1 aliphatic rings. The van der Waals surface area contributed by atoms with Gasteiger partial charge >= 0.3 is 0 Å². The summed E-state index contributed by atoms with van der Waals surface area (Å²) in [6, 6.07) is 9.79. The Morgan fingerprint density at radius 1 is 1.39 bits per heavy atom. The zero-order valence-corrected chi connectivity index (χ0v) is 14.3. The Morgan fingerprint density at radius 3 is 2.57 bits per heavy atom. The van der Waals surface area contributed by atoms with Gasteiger partial charge in [-0.25, -0.2) is 0 Å². The molecule has 0 aromatic heterocycles. The third-order valence-corrected chi connectivity index (χ3v) is 4.26. The van der Waals surface area contributed by atoms with Crippen LogP contribution in [0.15, 0.2) is 30.3 Å². The summed E-state index contributed by atoms with van der Waals surface area (Å²) < 4.78 is 0. The highest BCUT2D eigenvalue weighted by atomic mass is 16.3. The summed E-state index contributed by atoms with van der Waals surface area (Å²) in [5, 5.41) is 9.85. The average Bonchev–Trinajstić information content (AvgIpc) is 2.86. The molecule has 0 aliphatic carbocycles. The fourth-order valence-electron chi connectivity index (χ4n) is 3.15. The van der Waals surface area contributed by atoms with Crippen LogP contribution < -0.4 is 0 Å². The topological polar surface area (TPSA) is 60.9 Å². The first-order chi connectivity index (χ1) is 10.7. The maximum absolute atomic E-state index is 12.5. The Kier molecular flexibility index (Phi) is 5.09. The van der Waals surface area contributed by atoms with Crippen LogP contribution in [0.3, 0.4) is 0 Å². The molecule has 1 heterocycles. The number of nitrogens with zero attached hydrogens (tertiary/aromatic N) is 2. The van der Waals surface area contributed by atoms with E-state index in [-0.39, 0.29) is 36.7 Å². The molecule has 1 aromatic rings. The molecule has 1 saturated heterocycles. The number of carbonyl (C=O) groups is 2. The molecule has 0 bridgehead atoms. The largest absolute Gasteiger partial charge is 0.389 e. The van der Waals surface area contributed by atoms with Gasteiger partial charge in [-0.3, -0.25) is 9.59 Å². The Bertz CT molecular complexity index is 565. The van der Waals surface area contributed by atoms with Crippen LogP contribution in [0, 0.1) is 5.92 Å². The SMILES string of the molecule is CC(c1ccccc1)N1CC(C(=O)N(C)CC(C)(C)O)CC1=O. The molecule has 0 saturated carbocycles. The number of hydrogen-bond donors (Lipinski definition) is 1. The maximum Gasteiger partial charge on any atom is 0.227 e. The molecule has 0 spiro atoms. The molecule has 5 nitrogen and oxygen atoms in total. The predicted molar refractivity (Wildman–Crippen MR) is 88.6 cm³/mol. The van der Waals surface area contributed by atoms with E-state index in [1.165, 1.54) is 4.90 Å². The highest BCUT2D eigenvalue weighted by Crippen LogP contribution is 2.29. The maximum atomic E-state index is 12.5. The predicted octanol–water partition coefficient (Wildman–Crippen LogP) is 1.83. The van der Waals surface area contributed by atoms with E-state index in [0.29, 0.717) is 6.54 Å². The summed E-state index contributed by atoms with van der Waals surface area (Å²) in [4.78, 5) is 28.1. The van der Waals surface area contributed by atoms with Crippen LogP contribution in [0.1, 0.15) is 38.8 Å². The minimum atomic E-state index is -0.940. The van der Waals surface area contributed by atoms with Crippen LogP contribution in [0.2, 0.25) is 0 Å². The molecule has 126 valence electrons. The van der Waals surface area contributed by atoms with E-state index >= 15 is 0 Å². The van der Waals surface area contributed by atoms with Gasteiger partial charge in [0.15, 0.2) is 0 Å². The number of carbonyl (C=O) groups excluding carboxylic acids is 2. The highest BCUT2D eigenvalue weighted by molar-refractivity contribution is 5.89. The summed E-state index contributed by atoms with van der Waals surface area (Å²) >= 11 is 0. The van der Waals surface area contributed by atoms with E-state index in [9.17, 15) is 14.7 Å². The minimum Gasteiger partial charge on any atom is -0.389 e. The molecule has 0 radical (unpaired) electrons. The molecule has 23 heavy (non-hydrogen) atoms. The molecule has 1 aliphatic heterocycles. The third kappa shape index (κ3) is 4.32. The molecule has 2 amide bonds. The molecule has 2 unspecified atom stereocenters. The van der Waals surface area contributed by atoms with Gasteiger partial charge in [0.1, 0.15) is 0 Å². The van der Waals surface area contributed by atoms with Crippen LogP contribution in [-0.4, -0.2) is 52.5 Å². The quantitative estimate of drug-likeness (QED) is 0.901. The van der Waals surface area contributed by atoms with Crippen molar-refractivity contribution in [2.75, 3.05) is 20.1 Å². The fraction of sp³-hybridized carbons (Fsp3) is 0.556. The van der Waals surface area contributed by atoms with Crippen LogP contribution in [0.4, 0.5) is 0 Å². The number of hydrogen-bond acceptors (Lipinski definition) is 3. The van der Waals surface area contributed by atoms with Crippen molar-refractivity contribution in [2.45, 2.75) is 38.8 Å². The second-order valence-corrected chi connectivity index (χ2v) is 7.04. The summed E-state index contributed by atoms with van der Waals surface area (Å²) in [7, 11) is 1.67. The third-order valence-electron chi connectivity index (χ3n) is 4.26. The Labute approximate surface area is 137 Å². The van der Waals surface area contributed by atoms with Gasteiger partial charge in [0.25, 0.3) is 0 Å². The zero-order chi connectivity index (χ0) is 17.2. The molecule has 5 heteroatoms. The molecular weight excluding hydrogens is 292 g/mol. The van der Waals surface area contributed by atoms with Crippen molar-refractivity contribution in [3.05, 3.63) is 35.9 Å². The lowest BCUT2D eigenvalue weighted by atomic mass is 10.0. The molecule has 2 rings (SSSR count). The first-order valence-corrected chi connectivity index (χ1v) is 8.01. The normalized spacial score (nSPS) is 19.8. The average molecular weight is 318 g/mol. The summed E-state index contributed by atoms with van der Waals surface area (Å²) in [6.45, 7) is 6.01. The number of aliphatic hydroxyl groups is 1. The lowest BCUT2D eigenvalue weighted by Gasteiger charge is -2.28. The van der Waals surface area contributed by atoms with Gasteiger partial charge < -0.3 is 14.9 Å². The van der Waals surface area contributed by atoms with Gasteiger partial charge in [0.05, 0.1) is 17.6 Å². The monoisotopic (exact) mass is 318 g/mol. The van der Waals surface area contributed by atoms with E-state index < -0.39 is 5.60 Å². The molecule has 1 fully saturated rings. The number of rotatable bonds is 5. The highest BCUT2D eigenvalue weighted by Gasteiger charge is 2.38. The zero-order valence-electron chi connectivity index (χ0n) is 14.3. The van der Waals surface area contributed by atoms with Crippen molar-refractivity contribution in [3.8, 4) is 0 Å². The van der Waals surface area contributed by atoms with E-state index in [2.05, 4.69) is 0 Å². The van der Waals surface area contributed by atoms with Crippen molar-refractivity contribution < 1.29 is 14.7 Å². The molecule has 2 atom stereocenters. The number of likely N-dealkylation sites (tertiary alicyclic amines) is 1. The second-order valence-electron chi connectivity index (χ2n) is 7.04. The van der Waals surface area contributed by atoms with Gasteiger partial charge in [0, 0.05) is 26.6 Å². The van der Waals surface area contributed by atoms with Crippen LogP contribution in [0.5, 0.6) is 0 Å². The minimum absolute atomic E-state index is 0.0105. The van der Waals surface area contributed by atoms with Crippen molar-refractivity contribution in [3.63, 3.8) is 0 Å². The first kappa shape index (κ1) is 17.5.